The molecule has 1 heterocycles. The third-order valence-corrected chi connectivity index (χ3v) is 5.95. The number of imide groups is 1. The first-order valence-electron chi connectivity index (χ1n) is 10.7. The molecule has 0 unspecified atom stereocenters. The van der Waals surface area contributed by atoms with Crippen LogP contribution in [0, 0.1) is 12.8 Å². The molecular weight excluding hydrogens is 422 g/mol. The maximum atomic E-state index is 13.1. The van der Waals surface area contributed by atoms with Crippen LogP contribution in [0.3, 0.4) is 0 Å². The van der Waals surface area contributed by atoms with Gasteiger partial charge in [-0.05, 0) is 63.1 Å². The van der Waals surface area contributed by atoms with Crippen LogP contribution in [0.25, 0.3) is 0 Å². The van der Waals surface area contributed by atoms with E-state index in [0.717, 1.165) is 16.1 Å². The minimum absolute atomic E-state index is 0.0307. The lowest BCUT2D eigenvalue weighted by molar-refractivity contribution is -0.139. The molecule has 3 amide bonds. The van der Waals surface area contributed by atoms with E-state index in [2.05, 4.69) is 10.6 Å². The molecule has 2 aromatic carbocycles. The van der Waals surface area contributed by atoms with Gasteiger partial charge in [0.05, 0.1) is 0 Å². The molecule has 0 atom stereocenters. The van der Waals surface area contributed by atoms with E-state index in [0.29, 0.717) is 17.0 Å². The van der Waals surface area contributed by atoms with Crippen LogP contribution in [0.15, 0.2) is 64.0 Å². The average Bonchev–Trinajstić information content (AvgIpc) is 2.94. The van der Waals surface area contributed by atoms with Crippen molar-refractivity contribution in [1.82, 2.24) is 4.90 Å². The topological polar surface area (TPSA) is 78.5 Å². The van der Waals surface area contributed by atoms with E-state index >= 15 is 0 Å². The number of benzene rings is 2. The molecule has 1 aliphatic heterocycles. The van der Waals surface area contributed by atoms with E-state index in [1.165, 1.54) is 16.7 Å². The SMILES string of the molecule is Cc1ccc(NC2=C(Sc3ccc(NC(=O)CC(C)C)cc3)C(=O)N(C(C)C)C2=O)cc1. The van der Waals surface area contributed by atoms with Crippen LogP contribution in [0.2, 0.25) is 0 Å². The second-order valence-electron chi connectivity index (χ2n) is 8.54. The Kier molecular flexibility index (Phi) is 7.40. The first kappa shape index (κ1) is 23.6. The summed E-state index contributed by atoms with van der Waals surface area (Å²) in [6, 6.07) is 14.7. The Morgan fingerprint density at radius 3 is 2.06 bits per heavy atom. The number of amides is 3. The molecule has 0 fully saturated rings. The molecule has 0 aliphatic carbocycles. The molecule has 168 valence electrons. The van der Waals surface area contributed by atoms with Crippen LogP contribution < -0.4 is 10.6 Å². The van der Waals surface area contributed by atoms with E-state index in [9.17, 15) is 14.4 Å². The summed E-state index contributed by atoms with van der Waals surface area (Å²) in [4.78, 5) is 40.5. The van der Waals surface area contributed by atoms with E-state index in [4.69, 9.17) is 0 Å². The third-order valence-electron chi connectivity index (χ3n) is 4.86. The molecule has 0 radical (unpaired) electrons. The van der Waals surface area contributed by atoms with Crippen molar-refractivity contribution in [3.05, 3.63) is 64.7 Å². The van der Waals surface area contributed by atoms with Gasteiger partial charge in [0.15, 0.2) is 0 Å². The van der Waals surface area contributed by atoms with Crippen molar-refractivity contribution in [2.75, 3.05) is 10.6 Å². The number of hydrogen-bond acceptors (Lipinski definition) is 5. The van der Waals surface area contributed by atoms with Gasteiger partial charge in [-0.1, -0.05) is 43.3 Å². The minimum Gasteiger partial charge on any atom is -0.350 e. The van der Waals surface area contributed by atoms with Crippen LogP contribution in [-0.4, -0.2) is 28.7 Å². The molecular formula is C25H29N3O3S. The highest BCUT2D eigenvalue weighted by atomic mass is 32.2. The molecule has 3 rings (SSSR count). The van der Waals surface area contributed by atoms with Gasteiger partial charge in [0, 0.05) is 28.7 Å². The lowest BCUT2D eigenvalue weighted by atomic mass is 10.1. The zero-order valence-electron chi connectivity index (χ0n) is 19.1. The van der Waals surface area contributed by atoms with Gasteiger partial charge in [0.1, 0.15) is 10.6 Å². The Labute approximate surface area is 193 Å². The Balaban J connectivity index is 1.83. The second-order valence-corrected chi connectivity index (χ2v) is 9.63. The van der Waals surface area contributed by atoms with Gasteiger partial charge in [-0.25, -0.2) is 0 Å². The summed E-state index contributed by atoms with van der Waals surface area (Å²) in [5, 5.41) is 6.02. The predicted octanol–water partition coefficient (Wildman–Crippen LogP) is 5.17. The number of aryl methyl sites for hydroxylation is 1. The van der Waals surface area contributed by atoms with Crippen molar-refractivity contribution in [3.8, 4) is 0 Å². The van der Waals surface area contributed by atoms with Gasteiger partial charge in [0.25, 0.3) is 11.8 Å². The number of thioether (sulfide) groups is 1. The van der Waals surface area contributed by atoms with E-state index < -0.39 is 0 Å². The fourth-order valence-corrected chi connectivity index (χ4v) is 4.22. The molecule has 0 aromatic heterocycles. The number of carbonyl (C=O) groups is 3. The monoisotopic (exact) mass is 451 g/mol. The maximum Gasteiger partial charge on any atom is 0.278 e. The van der Waals surface area contributed by atoms with Crippen LogP contribution in [-0.2, 0) is 14.4 Å². The minimum atomic E-state index is -0.328. The smallest absolute Gasteiger partial charge is 0.278 e. The zero-order valence-corrected chi connectivity index (χ0v) is 19.9. The van der Waals surface area contributed by atoms with Gasteiger partial charge in [-0.3, -0.25) is 19.3 Å². The van der Waals surface area contributed by atoms with Gasteiger partial charge >= 0.3 is 0 Å². The molecule has 1 aliphatic rings. The van der Waals surface area contributed by atoms with Crippen molar-refractivity contribution >= 4 is 40.9 Å². The summed E-state index contributed by atoms with van der Waals surface area (Å²) in [6.07, 6.45) is 0.457. The fraction of sp³-hybridized carbons (Fsp3) is 0.320. The molecule has 0 spiro atoms. The predicted molar refractivity (Wildman–Crippen MR) is 129 cm³/mol. The first-order chi connectivity index (χ1) is 15.2. The van der Waals surface area contributed by atoms with E-state index in [1.54, 1.807) is 12.1 Å². The van der Waals surface area contributed by atoms with E-state index in [-0.39, 0.29) is 35.4 Å². The Morgan fingerprint density at radius 1 is 0.906 bits per heavy atom. The number of rotatable bonds is 8. The van der Waals surface area contributed by atoms with Crippen LogP contribution in [0.5, 0.6) is 0 Å². The Morgan fingerprint density at radius 2 is 1.50 bits per heavy atom. The van der Waals surface area contributed by atoms with Gasteiger partial charge in [0.2, 0.25) is 5.91 Å². The average molecular weight is 452 g/mol. The third kappa shape index (κ3) is 5.59. The molecule has 0 bridgehead atoms. The molecule has 2 aromatic rings. The largest absolute Gasteiger partial charge is 0.350 e. The number of hydrogen-bond donors (Lipinski definition) is 2. The lowest BCUT2D eigenvalue weighted by Crippen LogP contribution is -2.38. The van der Waals surface area contributed by atoms with Crippen molar-refractivity contribution in [2.45, 2.75) is 52.0 Å². The normalized spacial score (nSPS) is 14.0. The molecule has 2 N–H and O–H groups in total. The summed E-state index contributed by atoms with van der Waals surface area (Å²) in [5.74, 6) is -0.382. The summed E-state index contributed by atoms with van der Waals surface area (Å²) >= 11 is 1.25. The lowest BCUT2D eigenvalue weighted by Gasteiger charge is -2.19. The highest BCUT2D eigenvalue weighted by Crippen LogP contribution is 2.37. The van der Waals surface area contributed by atoms with Gasteiger partial charge < -0.3 is 10.6 Å². The highest BCUT2D eigenvalue weighted by molar-refractivity contribution is 8.04. The standard InChI is InChI=1S/C25H29N3O3S/c1-15(2)14-21(29)26-18-10-12-20(13-11-18)32-23-22(24(30)28(16(3)4)25(23)31)27-19-8-6-17(5)7-9-19/h6-13,15-16,27H,14H2,1-5H3,(H,26,29). The van der Waals surface area contributed by atoms with Crippen molar-refractivity contribution in [3.63, 3.8) is 0 Å². The number of nitrogens with zero attached hydrogens (tertiary/aromatic N) is 1. The maximum absolute atomic E-state index is 13.1. The molecule has 32 heavy (non-hydrogen) atoms. The van der Waals surface area contributed by atoms with E-state index in [1.807, 2.05) is 71.0 Å². The number of nitrogens with one attached hydrogen (secondary N) is 2. The van der Waals surface area contributed by atoms with Crippen LogP contribution >= 0.6 is 11.8 Å². The Bertz CT molecular complexity index is 1040. The molecule has 6 nitrogen and oxygen atoms in total. The summed E-state index contributed by atoms with van der Waals surface area (Å²) < 4.78 is 0. The number of anilines is 2. The quantitative estimate of drug-likeness (QED) is 0.541. The van der Waals surface area contributed by atoms with Crippen molar-refractivity contribution in [1.29, 1.82) is 0 Å². The second kappa shape index (κ2) is 10.0. The molecule has 7 heteroatoms. The van der Waals surface area contributed by atoms with Crippen molar-refractivity contribution in [2.24, 2.45) is 5.92 Å². The van der Waals surface area contributed by atoms with Crippen LogP contribution in [0.1, 0.15) is 39.7 Å². The summed E-state index contributed by atoms with van der Waals surface area (Å²) in [6.45, 7) is 9.62. The zero-order chi connectivity index (χ0) is 23.4. The molecule has 0 saturated carbocycles. The number of carbonyl (C=O) groups excluding carboxylic acids is 3. The first-order valence-corrected chi connectivity index (χ1v) is 11.5. The van der Waals surface area contributed by atoms with Crippen molar-refractivity contribution < 1.29 is 14.4 Å². The Hall–Kier alpha value is -3.06. The summed E-state index contributed by atoms with van der Waals surface area (Å²) in [7, 11) is 0. The van der Waals surface area contributed by atoms with Crippen LogP contribution in [0.4, 0.5) is 11.4 Å². The van der Waals surface area contributed by atoms with Gasteiger partial charge in [-0.15, -0.1) is 0 Å². The molecule has 0 saturated heterocycles. The van der Waals surface area contributed by atoms with Gasteiger partial charge in [-0.2, -0.15) is 0 Å². The fourth-order valence-electron chi connectivity index (χ4n) is 3.29. The summed E-state index contributed by atoms with van der Waals surface area (Å²) in [5.41, 5.74) is 2.84. The highest BCUT2D eigenvalue weighted by Gasteiger charge is 2.40.